The molecule has 1 aliphatic carbocycles. The van der Waals surface area contributed by atoms with Crippen LogP contribution in [0.2, 0.25) is 18.1 Å². The Balaban J connectivity index is 2.22. The van der Waals surface area contributed by atoms with Crippen LogP contribution in [0.5, 0.6) is 0 Å². The second kappa shape index (κ2) is 9.97. The molecule has 0 spiro atoms. The molecule has 1 N–H and O–H groups in total. The molecule has 0 saturated carbocycles. The van der Waals surface area contributed by atoms with Crippen molar-refractivity contribution in [1.82, 2.24) is 4.98 Å². The van der Waals surface area contributed by atoms with Crippen LogP contribution in [0.15, 0.2) is 24.3 Å². The second-order valence-electron chi connectivity index (χ2n) is 12.7. The summed E-state index contributed by atoms with van der Waals surface area (Å²) in [5, 5.41) is 11.5. The molecule has 200 valence electrons. The van der Waals surface area contributed by atoms with Crippen LogP contribution in [0, 0.1) is 8.99 Å². The van der Waals surface area contributed by atoms with Crippen LogP contribution in [0.3, 0.4) is 0 Å². The van der Waals surface area contributed by atoms with Crippen LogP contribution in [0.25, 0.3) is 0 Å². The molecule has 1 aromatic carbocycles. The van der Waals surface area contributed by atoms with E-state index >= 15 is 0 Å². The standard InChI is InChI=1S/C28H39F3INO2Si/c1-16(2)24-22(25(34)17-11-10-12-18(13-17)28(29,30)31)23(32)21-19(33-24)14-27(6,7)15-20(21)35-36(8,9)26(3,4)5/h10-13,16,20,25,34H,14-15H2,1-9H3/t20-,25+/m0/s1. The van der Waals surface area contributed by atoms with E-state index in [0.29, 0.717) is 5.56 Å². The number of halogens is 4. The van der Waals surface area contributed by atoms with Gasteiger partial charge in [-0.1, -0.05) is 60.6 Å². The summed E-state index contributed by atoms with van der Waals surface area (Å²) in [7, 11) is -2.14. The maximum absolute atomic E-state index is 13.4. The van der Waals surface area contributed by atoms with Crippen molar-refractivity contribution in [2.75, 3.05) is 0 Å². The van der Waals surface area contributed by atoms with Gasteiger partial charge < -0.3 is 9.53 Å². The molecule has 0 amide bonds. The van der Waals surface area contributed by atoms with Crippen molar-refractivity contribution in [3.63, 3.8) is 0 Å². The van der Waals surface area contributed by atoms with Gasteiger partial charge in [-0.25, -0.2) is 0 Å². The van der Waals surface area contributed by atoms with E-state index in [0.717, 1.165) is 45.5 Å². The average Bonchev–Trinajstić information content (AvgIpc) is 2.70. The van der Waals surface area contributed by atoms with E-state index in [-0.39, 0.29) is 28.0 Å². The molecule has 36 heavy (non-hydrogen) atoms. The van der Waals surface area contributed by atoms with Crippen LogP contribution in [0.4, 0.5) is 13.2 Å². The van der Waals surface area contributed by atoms with Gasteiger partial charge in [0.05, 0.1) is 17.4 Å². The van der Waals surface area contributed by atoms with Crippen LogP contribution >= 0.6 is 22.6 Å². The van der Waals surface area contributed by atoms with Crippen LogP contribution in [0.1, 0.15) is 107 Å². The zero-order chi connectivity index (χ0) is 27.4. The first kappa shape index (κ1) is 29.6. The summed E-state index contributed by atoms with van der Waals surface area (Å²) in [5.74, 6) is -0.0101. The monoisotopic (exact) mass is 633 g/mol. The number of aliphatic hydroxyl groups is 1. The lowest BCUT2D eigenvalue weighted by atomic mass is 9.74. The molecule has 1 aromatic heterocycles. The lowest BCUT2D eigenvalue weighted by Crippen LogP contribution is -2.44. The number of aromatic nitrogens is 1. The van der Waals surface area contributed by atoms with Crippen molar-refractivity contribution >= 4 is 30.9 Å². The van der Waals surface area contributed by atoms with Crippen molar-refractivity contribution in [2.45, 2.75) is 104 Å². The molecule has 2 atom stereocenters. The predicted octanol–water partition coefficient (Wildman–Crippen LogP) is 8.95. The number of benzene rings is 1. The van der Waals surface area contributed by atoms with Crippen molar-refractivity contribution in [1.29, 1.82) is 0 Å². The maximum atomic E-state index is 13.4. The molecule has 0 saturated heterocycles. The number of alkyl halides is 3. The van der Waals surface area contributed by atoms with Crippen LogP contribution in [-0.2, 0) is 17.0 Å². The molecule has 1 heterocycles. The Labute approximate surface area is 228 Å². The Bertz CT molecular complexity index is 1120. The Morgan fingerprint density at radius 3 is 2.31 bits per heavy atom. The highest BCUT2D eigenvalue weighted by atomic mass is 127. The molecule has 0 fully saturated rings. The lowest BCUT2D eigenvalue weighted by molar-refractivity contribution is -0.137. The summed E-state index contributed by atoms with van der Waals surface area (Å²) in [6.45, 7) is 19.6. The van der Waals surface area contributed by atoms with Gasteiger partial charge in [0.1, 0.15) is 6.10 Å². The van der Waals surface area contributed by atoms with E-state index in [9.17, 15) is 18.3 Å². The van der Waals surface area contributed by atoms with Gasteiger partial charge >= 0.3 is 6.18 Å². The Hall–Kier alpha value is -0.973. The van der Waals surface area contributed by atoms with Gasteiger partial charge in [-0.3, -0.25) is 4.98 Å². The third-order valence-corrected chi connectivity index (χ3v) is 13.3. The maximum Gasteiger partial charge on any atom is 0.416 e. The van der Waals surface area contributed by atoms with E-state index in [1.165, 1.54) is 6.07 Å². The van der Waals surface area contributed by atoms with E-state index in [1.54, 1.807) is 6.07 Å². The van der Waals surface area contributed by atoms with Gasteiger partial charge in [0.2, 0.25) is 0 Å². The lowest BCUT2D eigenvalue weighted by Gasteiger charge is -2.44. The third kappa shape index (κ3) is 6.02. The highest BCUT2D eigenvalue weighted by Crippen LogP contribution is 2.50. The topological polar surface area (TPSA) is 42.4 Å². The highest BCUT2D eigenvalue weighted by molar-refractivity contribution is 14.1. The SMILES string of the molecule is CC(C)c1nc2c(c(I)c1[C@H](O)c1cccc(C(F)(F)F)c1)[C@@H](O[Si](C)(C)C(C)(C)C)CC(C)(C)C2. The Morgan fingerprint density at radius 2 is 1.78 bits per heavy atom. The van der Waals surface area contributed by atoms with Crippen molar-refractivity contribution in [3.05, 3.63) is 61.5 Å². The molecule has 0 bridgehead atoms. The van der Waals surface area contributed by atoms with Gasteiger partial charge in [-0.2, -0.15) is 13.2 Å². The number of hydrogen-bond acceptors (Lipinski definition) is 3. The van der Waals surface area contributed by atoms with Crippen LogP contribution in [-0.4, -0.2) is 18.4 Å². The predicted molar refractivity (Wildman–Crippen MR) is 150 cm³/mol. The molecule has 1 aliphatic rings. The Kier molecular flexibility index (Phi) is 8.19. The summed E-state index contributed by atoms with van der Waals surface area (Å²) >= 11 is 2.26. The normalized spacial score (nSPS) is 19.4. The molecule has 8 heteroatoms. The van der Waals surface area contributed by atoms with E-state index in [2.05, 4.69) is 70.3 Å². The summed E-state index contributed by atoms with van der Waals surface area (Å²) in [5.41, 5.74) is 2.72. The number of fused-ring (bicyclic) bond motifs is 1. The van der Waals surface area contributed by atoms with E-state index in [4.69, 9.17) is 9.41 Å². The first-order valence-electron chi connectivity index (χ1n) is 12.5. The quantitative estimate of drug-likeness (QED) is 0.264. The first-order valence-corrected chi connectivity index (χ1v) is 16.5. The summed E-state index contributed by atoms with van der Waals surface area (Å²) in [6, 6.07) is 4.96. The number of hydrogen-bond donors (Lipinski definition) is 1. The van der Waals surface area contributed by atoms with Gasteiger partial charge in [0.15, 0.2) is 8.32 Å². The zero-order valence-corrected chi connectivity index (χ0v) is 25.9. The summed E-state index contributed by atoms with van der Waals surface area (Å²) in [4.78, 5) is 5.08. The first-order chi connectivity index (χ1) is 16.2. The van der Waals surface area contributed by atoms with Crippen molar-refractivity contribution in [3.8, 4) is 0 Å². The van der Waals surface area contributed by atoms with E-state index < -0.39 is 26.2 Å². The van der Waals surface area contributed by atoms with Crippen molar-refractivity contribution < 1.29 is 22.7 Å². The minimum absolute atomic E-state index is 0.00840. The number of nitrogens with zero attached hydrogens (tertiary/aromatic N) is 1. The number of aliphatic hydroxyl groups excluding tert-OH is 1. The molecule has 0 radical (unpaired) electrons. The summed E-state index contributed by atoms with van der Waals surface area (Å²) in [6.07, 6.45) is -4.28. The molecule has 3 nitrogen and oxygen atoms in total. The largest absolute Gasteiger partial charge is 0.416 e. The summed E-state index contributed by atoms with van der Waals surface area (Å²) < 4.78 is 48.1. The van der Waals surface area contributed by atoms with Crippen molar-refractivity contribution in [2.24, 2.45) is 5.41 Å². The molecule has 2 aromatic rings. The Morgan fingerprint density at radius 1 is 1.17 bits per heavy atom. The fraction of sp³-hybridized carbons (Fsp3) is 0.607. The molecule has 0 aliphatic heterocycles. The fourth-order valence-electron chi connectivity index (χ4n) is 4.63. The number of rotatable bonds is 5. The van der Waals surface area contributed by atoms with Gasteiger partial charge in [-0.15, -0.1) is 0 Å². The second-order valence-corrected chi connectivity index (χ2v) is 18.5. The third-order valence-electron chi connectivity index (χ3n) is 7.61. The van der Waals surface area contributed by atoms with Gasteiger partial charge in [0.25, 0.3) is 0 Å². The van der Waals surface area contributed by atoms with Crippen LogP contribution < -0.4 is 0 Å². The fourth-order valence-corrected chi connectivity index (χ4v) is 7.12. The van der Waals surface area contributed by atoms with Gasteiger partial charge in [0, 0.05) is 20.4 Å². The zero-order valence-electron chi connectivity index (χ0n) is 22.8. The number of pyridine rings is 1. The minimum atomic E-state index is -4.48. The highest BCUT2D eigenvalue weighted by Gasteiger charge is 2.44. The molecular weight excluding hydrogens is 594 g/mol. The average molecular weight is 634 g/mol. The smallest absolute Gasteiger partial charge is 0.410 e. The molecule has 3 rings (SSSR count). The minimum Gasteiger partial charge on any atom is -0.410 e. The molecule has 0 unspecified atom stereocenters. The van der Waals surface area contributed by atoms with Gasteiger partial charge in [-0.05, 0) is 82.6 Å². The van der Waals surface area contributed by atoms with E-state index in [1.807, 2.05) is 13.8 Å². The molecular formula is C28H39F3INO2Si.